The van der Waals surface area contributed by atoms with E-state index < -0.39 is 56.2 Å². The molecule has 148 heavy (non-hydrogen) atoms. The van der Waals surface area contributed by atoms with Gasteiger partial charge in [0.2, 0.25) is 0 Å². The molecule has 0 radical (unpaired) electrons. The molecule has 10 heterocycles. The van der Waals surface area contributed by atoms with Crippen LogP contribution < -0.4 is 56.2 Å². The van der Waals surface area contributed by atoms with Crippen molar-refractivity contribution in [2.45, 2.75) is 252 Å². The topological polar surface area (TPSA) is 403 Å². The van der Waals surface area contributed by atoms with Crippen LogP contribution in [0.1, 0.15) is 205 Å². The second-order valence-electron chi connectivity index (χ2n) is 39.1. The van der Waals surface area contributed by atoms with Crippen molar-refractivity contribution in [3.63, 3.8) is 0 Å². The molecule has 0 fully saturated rings. The van der Waals surface area contributed by atoms with E-state index in [0.29, 0.717) is 67.8 Å². The summed E-state index contributed by atoms with van der Waals surface area (Å²) >= 11 is 0. The Morgan fingerprint density at radius 2 is 0.507 bits per heavy atom. The van der Waals surface area contributed by atoms with Gasteiger partial charge in [-0.15, -0.1) is 0 Å². The maximum Gasteiger partial charge on any atom is 0.349 e. The van der Waals surface area contributed by atoms with Gasteiger partial charge in [-0.05, 0) is 297 Å². The van der Waals surface area contributed by atoms with Gasteiger partial charge in [-0.2, -0.15) is 24.9 Å². The van der Waals surface area contributed by atoms with E-state index in [9.17, 15) is 47.9 Å². The highest BCUT2D eigenvalue weighted by molar-refractivity contribution is 5.85. The second kappa shape index (κ2) is 46.8. The summed E-state index contributed by atoms with van der Waals surface area (Å²) in [5.41, 5.74) is 26.9. The number of H-pyrrole nitrogens is 5. The fraction of sp³-hybridized carbons (Fsp3) is 0.322. The largest absolute Gasteiger partial charge is 0.349 e. The lowest BCUT2D eigenvalue weighted by Gasteiger charge is -2.18. The standard InChI is InChI=1S/3C24H26N4O2.2C23H24N4O2/c3*1-4-6-18-14-20-19(13-16(18)3)25-21-22(26-24(30)27-23(21)29)28(20)12-5-7-17-10-8-15(2)9-11-17;1-14(2)17-10-11-18-19(13-17)27(12-4-5-16-8-6-15(3)7-9-16)21-20(24-18)22(28)26-23(29)25-21;1-4-17-13-18-19(12-15(17)3)27(10-6-9-16-8-5-7-14(2)11-16)21-20(24-18)22(28)26-23(29)25-21/h3*8-11,13-14H,4-7,12H2,1-3H3,(H,27,29,30);6-11,13-14H,4-5,12H2,1-3H3,(H,26,28,29);5,7-8,11-13H,4,6,9-10H2,1-3H3,(H,26,28,29). The number of hydrogen-bond donors (Lipinski definition) is 5. The van der Waals surface area contributed by atoms with E-state index in [-0.39, 0.29) is 28.5 Å². The van der Waals surface area contributed by atoms with Crippen molar-refractivity contribution in [1.29, 1.82) is 0 Å². The minimum atomic E-state index is -0.643. The van der Waals surface area contributed by atoms with E-state index in [1.165, 1.54) is 89.0 Å². The number of fused-ring (bicyclic) bond motifs is 10. The molecule has 30 heteroatoms. The lowest BCUT2D eigenvalue weighted by Crippen LogP contribution is -2.29. The van der Waals surface area contributed by atoms with Gasteiger partial charge in [-0.3, -0.25) is 48.9 Å². The highest BCUT2D eigenvalue weighted by Gasteiger charge is 2.27. The Labute approximate surface area is 854 Å². The van der Waals surface area contributed by atoms with Crippen LogP contribution in [-0.4, -0.2) is 97.6 Å². The molecule has 10 aliphatic rings. The van der Waals surface area contributed by atoms with Crippen molar-refractivity contribution in [3.05, 3.63) is 398 Å². The van der Waals surface area contributed by atoms with Crippen LogP contribution in [0.3, 0.4) is 0 Å². The van der Waals surface area contributed by atoms with Crippen LogP contribution in [0.15, 0.2) is 236 Å². The number of nitrogens with one attached hydrogen (secondary N) is 5. The van der Waals surface area contributed by atoms with Crippen molar-refractivity contribution < 1.29 is 0 Å². The average molecular weight is 1980 g/mol. The van der Waals surface area contributed by atoms with Crippen LogP contribution in [0.2, 0.25) is 0 Å². The number of nitrogens with zero attached hydrogens (tertiary/aromatic N) is 15. The SMILES string of the molecule is CCCc1cc2c(cc1C)nc1c(=O)[nH]c(=O)nc-1n2CCCc1ccc(C)cc1.CCCc1cc2c(cc1C)nc1c(=O)[nH]c(=O)nc-1n2CCCc1ccc(C)cc1.CCCc1cc2c(cc1C)nc1c(=O)[nH]c(=O)nc-1n2CCCc1ccc(C)cc1.CCc1cc2nc3c(=O)[nH]c(=O)nc-3n(CCCc3cccc(C)c3)c2cc1C.Cc1ccc(CCCn2c3nc(=O)[nH]c(=O)c-3nc3ccc(C(C)C)cc32)cc1. The molecule has 0 saturated carbocycles. The average Bonchev–Trinajstić information content (AvgIpc) is 0.764. The van der Waals surface area contributed by atoms with Crippen molar-refractivity contribution in [3.8, 4) is 57.6 Å². The molecule has 10 aromatic carbocycles. The molecular formula is C118H126N20O10. The molecule has 30 nitrogen and oxygen atoms in total. The molecule has 0 bridgehead atoms. The first kappa shape index (κ1) is 104. The number of hydrogen-bond acceptors (Lipinski definition) is 20. The number of rotatable bonds is 28. The Kier molecular flexibility index (Phi) is 33.0. The quantitative estimate of drug-likeness (QED) is 0.0284. The molecular weight excluding hydrogens is 1860 g/mol. The van der Waals surface area contributed by atoms with Crippen molar-refractivity contribution >= 4 is 55.2 Å². The van der Waals surface area contributed by atoms with Crippen LogP contribution in [0.4, 0.5) is 0 Å². The van der Waals surface area contributed by atoms with E-state index >= 15 is 0 Å². The Balaban J connectivity index is 0.000000132. The number of aryl methyl sites for hydroxylation is 23. The minimum Gasteiger partial charge on any atom is -0.322 e. The summed E-state index contributed by atoms with van der Waals surface area (Å²) in [6.45, 7) is 34.7. The molecule has 10 aliphatic heterocycles. The second-order valence-corrected chi connectivity index (χ2v) is 39.1. The Bertz CT molecular complexity index is 8260. The molecule has 0 saturated heterocycles. The molecule has 0 spiro atoms. The molecule has 20 rings (SSSR count). The summed E-state index contributed by atoms with van der Waals surface area (Å²) in [6.07, 6.45) is 15.8. The molecule has 5 N–H and O–H groups in total. The highest BCUT2D eigenvalue weighted by Crippen LogP contribution is 2.33. The number of aromatic amines is 5. The first-order valence-corrected chi connectivity index (χ1v) is 51.2. The molecule has 0 atom stereocenters. The van der Waals surface area contributed by atoms with E-state index in [2.05, 4.69) is 330 Å². The summed E-state index contributed by atoms with van der Waals surface area (Å²) in [5, 5.41) is 0. The zero-order valence-corrected chi connectivity index (χ0v) is 86.8. The molecule has 0 unspecified atom stereocenters. The van der Waals surface area contributed by atoms with Gasteiger partial charge in [0.25, 0.3) is 27.8 Å². The van der Waals surface area contributed by atoms with Gasteiger partial charge in [0.05, 0.1) is 55.2 Å². The molecule has 758 valence electrons. The summed E-state index contributed by atoms with van der Waals surface area (Å²) in [4.78, 5) is 176. The molecule has 0 amide bonds. The Morgan fingerprint density at radius 3 is 0.784 bits per heavy atom. The van der Waals surface area contributed by atoms with Crippen LogP contribution in [0.25, 0.3) is 113 Å². The minimum absolute atomic E-state index is 0.199. The molecule has 0 aromatic heterocycles. The third kappa shape index (κ3) is 24.5. The molecule has 10 aromatic rings. The van der Waals surface area contributed by atoms with Gasteiger partial charge in [-0.25, -0.2) is 48.9 Å². The van der Waals surface area contributed by atoms with Crippen LogP contribution in [-0.2, 0) is 90.5 Å². The smallest absolute Gasteiger partial charge is 0.322 e. The summed E-state index contributed by atoms with van der Waals surface area (Å²) < 4.78 is 9.90. The predicted octanol–water partition coefficient (Wildman–Crippen LogP) is 18.4. The van der Waals surface area contributed by atoms with Crippen molar-refractivity contribution in [2.24, 2.45) is 0 Å². The van der Waals surface area contributed by atoms with E-state index in [1.807, 2.05) is 59.2 Å². The normalized spacial score (nSPS) is 11.5. The maximum absolute atomic E-state index is 12.4. The Morgan fingerprint density at radius 1 is 0.243 bits per heavy atom. The van der Waals surface area contributed by atoms with E-state index in [0.717, 1.165) is 181 Å². The summed E-state index contributed by atoms with van der Waals surface area (Å²) in [6, 6.07) is 65.2. The van der Waals surface area contributed by atoms with Gasteiger partial charge in [0, 0.05) is 32.7 Å². The monoisotopic (exact) mass is 1980 g/mol. The Hall–Kier alpha value is -16.4. The zero-order valence-electron chi connectivity index (χ0n) is 86.8. The van der Waals surface area contributed by atoms with E-state index in [4.69, 9.17) is 0 Å². The number of aromatic nitrogens is 20. The third-order valence-electron chi connectivity index (χ3n) is 27.3. The fourth-order valence-electron chi connectivity index (χ4n) is 19.3. The van der Waals surface area contributed by atoms with Gasteiger partial charge < -0.3 is 22.8 Å². The first-order chi connectivity index (χ1) is 71.2. The first-order valence-electron chi connectivity index (χ1n) is 51.2. The fourth-order valence-corrected chi connectivity index (χ4v) is 19.3. The predicted molar refractivity (Wildman–Crippen MR) is 587 cm³/mol. The van der Waals surface area contributed by atoms with Gasteiger partial charge in [0.1, 0.15) is 0 Å². The van der Waals surface area contributed by atoms with Gasteiger partial charge in [-0.1, -0.05) is 216 Å². The van der Waals surface area contributed by atoms with Crippen LogP contribution >= 0.6 is 0 Å². The van der Waals surface area contributed by atoms with Crippen LogP contribution in [0.5, 0.6) is 0 Å². The lowest BCUT2D eigenvalue weighted by atomic mass is 10.0. The van der Waals surface area contributed by atoms with Crippen molar-refractivity contribution in [1.82, 2.24) is 97.6 Å². The summed E-state index contributed by atoms with van der Waals surface area (Å²) in [5.74, 6) is 2.11. The van der Waals surface area contributed by atoms with Gasteiger partial charge >= 0.3 is 28.4 Å². The van der Waals surface area contributed by atoms with E-state index in [1.54, 1.807) is 0 Å². The summed E-state index contributed by atoms with van der Waals surface area (Å²) in [7, 11) is 0. The maximum atomic E-state index is 12.4. The highest BCUT2D eigenvalue weighted by atomic mass is 16.2. The third-order valence-corrected chi connectivity index (χ3v) is 27.3. The zero-order chi connectivity index (χ0) is 105. The van der Waals surface area contributed by atoms with Gasteiger partial charge in [0.15, 0.2) is 57.6 Å². The van der Waals surface area contributed by atoms with Crippen molar-refractivity contribution in [2.75, 3.05) is 0 Å². The number of benzene rings is 10. The lowest BCUT2D eigenvalue weighted by molar-refractivity contribution is 0.648. The van der Waals surface area contributed by atoms with Crippen LogP contribution in [0, 0.1) is 62.3 Å². The molecule has 0 aliphatic carbocycles.